The second-order valence-corrected chi connectivity index (χ2v) is 7.84. The third kappa shape index (κ3) is 4.02. The minimum Gasteiger partial charge on any atom is -0.469 e. The van der Waals surface area contributed by atoms with Crippen LogP contribution in [0.2, 0.25) is 0 Å². The highest BCUT2D eigenvalue weighted by Gasteiger charge is 2.66. The number of ketones is 1. The average Bonchev–Trinajstić information content (AvgIpc) is 3.18. The smallest absolute Gasteiger partial charge is 0.323 e. The molecule has 2 aromatic rings. The molecule has 0 bridgehead atoms. The van der Waals surface area contributed by atoms with E-state index >= 15 is 0 Å². The van der Waals surface area contributed by atoms with Crippen LogP contribution in [-0.4, -0.2) is 45.0 Å². The number of hydrogen-bond acceptors (Lipinski definition) is 7. The van der Waals surface area contributed by atoms with Gasteiger partial charge in [-0.1, -0.05) is 60.7 Å². The minimum absolute atomic E-state index is 0.0791. The molecule has 0 spiro atoms. The summed E-state index contributed by atoms with van der Waals surface area (Å²) in [5.74, 6) is -4.75. The lowest BCUT2D eigenvalue weighted by Crippen LogP contribution is -2.45. The molecular formula is C25H26O7. The van der Waals surface area contributed by atoms with Crippen LogP contribution in [0, 0.1) is 17.3 Å². The summed E-state index contributed by atoms with van der Waals surface area (Å²) in [7, 11) is 3.64. The fourth-order valence-electron chi connectivity index (χ4n) is 4.92. The Morgan fingerprint density at radius 1 is 0.812 bits per heavy atom. The Balaban J connectivity index is 2.26. The molecule has 1 aliphatic rings. The van der Waals surface area contributed by atoms with Crippen LogP contribution in [-0.2, 0) is 28.6 Å². The summed E-state index contributed by atoms with van der Waals surface area (Å²) in [4.78, 5) is 52.4. The highest BCUT2D eigenvalue weighted by Crippen LogP contribution is 2.58. The van der Waals surface area contributed by atoms with Crippen molar-refractivity contribution < 1.29 is 33.4 Å². The highest BCUT2D eigenvalue weighted by atomic mass is 16.5. The molecule has 0 unspecified atom stereocenters. The van der Waals surface area contributed by atoms with Crippen molar-refractivity contribution in [1.82, 2.24) is 0 Å². The van der Waals surface area contributed by atoms with Crippen molar-refractivity contribution in [2.45, 2.75) is 18.8 Å². The van der Waals surface area contributed by atoms with Gasteiger partial charge in [-0.25, -0.2) is 0 Å². The Labute approximate surface area is 186 Å². The van der Waals surface area contributed by atoms with Crippen LogP contribution in [0.25, 0.3) is 0 Å². The van der Waals surface area contributed by atoms with Gasteiger partial charge in [0.25, 0.3) is 0 Å². The molecule has 1 saturated carbocycles. The van der Waals surface area contributed by atoms with E-state index in [4.69, 9.17) is 14.2 Å². The summed E-state index contributed by atoms with van der Waals surface area (Å²) in [6, 6.07) is 17.5. The third-order valence-corrected chi connectivity index (χ3v) is 6.26. The van der Waals surface area contributed by atoms with Gasteiger partial charge in [-0.15, -0.1) is 0 Å². The number of hydrogen-bond donors (Lipinski definition) is 0. The van der Waals surface area contributed by atoms with Gasteiger partial charge >= 0.3 is 17.9 Å². The van der Waals surface area contributed by atoms with Crippen LogP contribution >= 0.6 is 0 Å². The summed E-state index contributed by atoms with van der Waals surface area (Å²) < 4.78 is 15.0. The lowest BCUT2D eigenvalue weighted by Gasteiger charge is -2.32. The van der Waals surface area contributed by atoms with Crippen LogP contribution in [0.3, 0.4) is 0 Å². The lowest BCUT2D eigenvalue weighted by molar-refractivity contribution is -0.170. The van der Waals surface area contributed by atoms with Gasteiger partial charge in [0.05, 0.1) is 21.3 Å². The van der Waals surface area contributed by atoms with Crippen molar-refractivity contribution in [1.29, 1.82) is 0 Å². The number of esters is 3. The van der Waals surface area contributed by atoms with E-state index in [2.05, 4.69) is 0 Å². The maximum Gasteiger partial charge on any atom is 0.323 e. The Morgan fingerprint density at radius 3 is 1.84 bits per heavy atom. The van der Waals surface area contributed by atoms with E-state index in [1.54, 1.807) is 60.7 Å². The molecule has 1 fully saturated rings. The fourth-order valence-corrected chi connectivity index (χ4v) is 4.92. The molecule has 0 aromatic heterocycles. The van der Waals surface area contributed by atoms with Gasteiger partial charge in [-0.05, 0) is 17.9 Å². The zero-order valence-electron chi connectivity index (χ0n) is 18.3. The summed E-state index contributed by atoms with van der Waals surface area (Å²) in [6.45, 7) is 0. The predicted octanol–water partition coefficient (Wildman–Crippen LogP) is 3.18. The number of carbonyl (C=O) groups excluding carboxylic acids is 4. The Kier molecular flexibility index (Phi) is 7.08. The maximum absolute atomic E-state index is 13.8. The zero-order chi connectivity index (χ0) is 23.3. The molecule has 2 aromatic carbocycles. The number of ether oxygens (including phenoxy) is 3. The molecule has 0 heterocycles. The summed E-state index contributed by atoms with van der Waals surface area (Å²) in [5.41, 5.74) is -0.734. The molecule has 32 heavy (non-hydrogen) atoms. The van der Waals surface area contributed by atoms with Crippen molar-refractivity contribution in [3.8, 4) is 0 Å². The number of rotatable bonds is 7. The SMILES string of the molecule is COC(=O)C[C@H]1CC(C(=O)OC)(C(=O)OC)[C@H](c2ccccc2)[C@@H]1C(=O)c1ccccc1. The van der Waals surface area contributed by atoms with Crippen LogP contribution < -0.4 is 0 Å². The monoisotopic (exact) mass is 438 g/mol. The van der Waals surface area contributed by atoms with Crippen molar-refractivity contribution >= 4 is 23.7 Å². The quantitative estimate of drug-likeness (QED) is 0.283. The van der Waals surface area contributed by atoms with Crippen LogP contribution in [0.15, 0.2) is 60.7 Å². The summed E-state index contributed by atoms with van der Waals surface area (Å²) in [6.07, 6.45) is -0.205. The molecule has 0 saturated heterocycles. The number of methoxy groups -OCH3 is 3. The molecule has 3 atom stereocenters. The van der Waals surface area contributed by atoms with Gasteiger partial charge in [0.2, 0.25) is 0 Å². The van der Waals surface area contributed by atoms with Gasteiger partial charge in [-0.2, -0.15) is 0 Å². The first kappa shape index (κ1) is 23.2. The van der Waals surface area contributed by atoms with E-state index in [0.29, 0.717) is 11.1 Å². The van der Waals surface area contributed by atoms with Crippen LogP contribution in [0.5, 0.6) is 0 Å². The third-order valence-electron chi connectivity index (χ3n) is 6.26. The number of benzene rings is 2. The fraction of sp³-hybridized carbons (Fsp3) is 0.360. The maximum atomic E-state index is 13.8. The standard InChI is InChI=1S/C25H26O7/c1-30-19(26)14-18-15-25(23(28)31-2,24(29)32-3)21(16-10-6-4-7-11-16)20(18)22(27)17-12-8-5-9-13-17/h4-13,18,20-21H,14-15H2,1-3H3/t18-,20+,21+/m0/s1. The molecule has 168 valence electrons. The molecule has 7 nitrogen and oxygen atoms in total. The van der Waals surface area contributed by atoms with Crippen molar-refractivity contribution in [3.05, 3.63) is 71.8 Å². The first-order valence-corrected chi connectivity index (χ1v) is 10.3. The van der Waals surface area contributed by atoms with E-state index < -0.39 is 41.1 Å². The molecule has 0 amide bonds. The minimum atomic E-state index is -1.78. The Morgan fingerprint density at radius 2 is 1.34 bits per heavy atom. The molecule has 7 heteroatoms. The van der Waals surface area contributed by atoms with Gasteiger partial charge in [0, 0.05) is 23.8 Å². The highest BCUT2D eigenvalue weighted by molar-refractivity contribution is 6.06. The molecule has 1 aliphatic carbocycles. The largest absolute Gasteiger partial charge is 0.469 e. The van der Waals surface area contributed by atoms with E-state index in [0.717, 1.165) is 0 Å². The topological polar surface area (TPSA) is 96.0 Å². The predicted molar refractivity (Wildman–Crippen MR) is 115 cm³/mol. The van der Waals surface area contributed by atoms with Crippen molar-refractivity contribution in [2.75, 3.05) is 21.3 Å². The second-order valence-electron chi connectivity index (χ2n) is 7.84. The second kappa shape index (κ2) is 9.77. The molecule has 0 aliphatic heterocycles. The van der Waals surface area contributed by atoms with Crippen LogP contribution in [0.1, 0.15) is 34.7 Å². The van der Waals surface area contributed by atoms with E-state index in [1.165, 1.54) is 21.3 Å². The average molecular weight is 438 g/mol. The van der Waals surface area contributed by atoms with E-state index in [9.17, 15) is 19.2 Å². The lowest BCUT2D eigenvalue weighted by atomic mass is 9.70. The van der Waals surface area contributed by atoms with Crippen molar-refractivity contribution in [2.24, 2.45) is 17.3 Å². The van der Waals surface area contributed by atoms with E-state index in [1.807, 2.05) is 0 Å². The zero-order valence-corrected chi connectivity index (χ0v) is 18.3. The Bertz CT molecular complexity index is 968. The van der Waals surface area contributed by atoms with Gasteiger partial charge in [0.15, 0.2) is 11.2 Å². The summed E-state index contributed by atoms with van der Waals surface area (Å²) >= 11 is 0. The van der Waals surface area contributed by atoms with Crippen LogP contribution in [0.4, 0.5) is 0 Å². The normalized spacial score (nSPS) is 21.4. The molecular weight excluding hydrogens is 412 g/mol. The molecule has 0 radical (unpaired) electrons. The molecule has 3 rings (SSSR count). The van der Waals surface area contributed by atoms with Crippen molar-refractivity contribution in [3.63, 3.8) is 0 Å². The summed E-state index contributed by atoms with van der Waals surface area (Å²) in [5, 5.41) is 0. The van der Waals surface area contributed by atoms with Gasteiger partial charge < -0.3 is 14.2 Å². The number of Topliss-reactive ketones (excluding diaryl/α,β-unsaturated/α-hetero) is 1. The van der Waals surface area contributed by atoms with E-state index in [-0.39, 0.29) is 18.6 Å². The first-order valence-electron chi connectivity index (χ1n) is 10.3. The first-order chi connectivity index (χ1) is 15.4. The van der Waals surface area contributed by atoms with Gasteiger partial charge in [-0.3, -0.25) is 19.2 Å². The Hall–Kier alpha value is -3.48. The number of carbonyl (C=O) groups is 4. The van der Waals surface area contributed by atoms with Gasteiger partial charge in [0.1, 0.15) is 0 Å². The molecule has 0 N–H and O–H groups in total.